The lowest BCUT2D eigenvalue weighted by molar-refractivity contribution is 0.00366. The van der Waals surface area contributed by atoms with Crippen molar-refractivity contribution in [1.82, 2.24) is 4.90 Å². The van der Waals surface area contributed by atoms with Crippen LogP contribution in [-0.2, 0) is 0 Å². The lowest BCUT2D eigenvalue weighted by Gasteiger charge is -2.51. The molecule has 1 rings (SSSR count). The molecular weight excluding hydrogens is 172 g/mol. The van der Waals surface area contributed by atoms with E-state index >= 15 is 0 Å². The zero-order valence-electron chi connectivity index (χ0n) is 10.1. The molecule has 1 aliphatic rings. The Morgan fingerprint density at radius 1 is 1.29 bits per heavy atom. The second-order valence-electron chi connectivity index (χ2n) is 5.85. The summed E-state index contributed by atoms with van der Waals surface area (Å²) in [4.78, 5) is 2.22. The maximum atomic E-state index is 9.34. The molecule has 14 heavy (non-hydrogen) atoms. The second kappa shape index (κ2) is 3.55. The lowest BCUT2D eigenvalue weighted by atomic mass is 9.58. The standard InChI is InChI=1S/C12H22N2/c1-11(2,3)10(14(4)5)12(9-13)7-6-8-12/h10H,6-8H2,1-5H3. The summed E-state index contributed by atoms with van der Waals surface area (Å²) in [6.07, 6.45) is 3.36. The largest absolute Gasteiger partial charge is 0.304 e. The van der Waals surface area contributed by atoms with E-state index in [-0.39, 0.29) is 10.8 Å². The summed E-state index contributed by atoms with van der Waals surface area (Å²) < 4.78 is 0. The van der Waals surface area contributed by atoms with Gasteiger partial charge in [-0.15, -0.1) is 0 Å². The van der Waals surface area contributed by atoms with Crippen LogP contribution in [0, 0.1) is 22.2 Å². The molecule has 0 N–H and O–H groups in total. The quantitative estimate of drug-likeness (QED) is 0.675. The Morgan fingerprint density at radius 3 is 1.86 bits per heavy atom. The summed E-state index contributed by atoms with van der Waals surface area (Å²) in [7, 11) is 4.18. The van der Waals surface area contributed by atoms with E-state index in [9.17, 15) is 5.26 Å². The summed E-state index contributed by atoms with van der Waals surface area (Å²) in [5, 5.41) is 9.34. The summed E-state index contributed by atoms with van der Waals surface area (Å²) >= 11 is 0. The summed E-state index contributed by atoms with van der Waals surface area (Å²) in [5.41, 5.74) is 0.0986. The van der Waals surface area contributed by atoms with Crippen LogP contribution < -0.4 is 0 Å². The number of nitriles is 1. The van der Waals surface area contributed by atoms with Gasteiger partial charge < -0.3 is 4.90 Å². The van der Waals surface area contributed by atoms with Gasteiger partial charge in [0.05, 0.1) is 11.5 Å². The zero-order chi connectivity index (χ0) is 11.0. The van der Waals surface area contributed by atoms with Crippen molar-refractivity contribution in [2.45, 2.75) is 46.1 Å². The Hall–Kier alpha value is -0.550. The highest BCUT2D eigenvalue weighted by molar-refractivity contribution is 5.13. The van der Waals surface area contributed by atoms with Crippen LogP contribution >= 0.6 is 0 Å². The molecule has 0 aromatic carbocycles. The van der Waals surface area contributed by atoms with Crippen LogP contribution in [0.2, 0.25) is 0 Å². The van der Waals surface area contributed by atoms with Crippen LogP contribution in [0.15, 0.2) is 0 Å². The number of rotatable bonds is 2. The maximum Gasteiger partial charge on any atom is 0.0733 e. The van der Waals surface area contributed by atoms with Gasteiger partial charge >= 0.3 is 0 Å². The molecule has 0 aromatic heterocycles. The van der Waals surface area contributed by atoms with Crippen molar-refractivity contribution in [3.05, 3.63) is 0 Å². The minimum Gasteiger partial charge on any atom is -0.304 e. The van der Waals surface area contributed by atoms with Gasteiger partial charge in [-0.2, -0.15) is 5.26 Å². The molecule has 1 fully saturated rings. The van der Waals surface area contributed by atoms with Crippen molar-refractivity contribution in [2.75, 3.05) is 14.1 Å². The number of nitrogens with zero attached hydrogens (tertiary/aromatic N) is 2. The van der Waals surface area contributed by atoms with E-state index in [2.05, 4.69) is 45.8 Å². The molecule has 1 saturated carbocycles. The van der Waals surface area contributed by atoms with Crippen molar-refractivity contribution >= 4 is 0 Å². The van der Waals surface area contributed by atoms with Gasteiger partial charge in [0.2, 0.25) is 0 Å². The van der Waals surface area contributed by atoms with E-state index in [0.717, 1.165) is 12.8 Å². The van der Waals surface area contributed by atoms with Crippen LogP contribution in [0.3, 0.4) is 0 Å². The zero-order valence-corrected chi connectivity index (χ0v) is 10.1. The molecule has 0 spiro atoms. The first-order valence-corrected chi connectivity index (χ1v) is 5.41. The van der Waals surface area contributed by atoms with E-state index in [1.165, 1.54) is 6.42 Å². The Bertz CT molecular complexity index is 238. The highest BCUT2D eigenvalue weighted by Crippen LogP contribution is 2.50. The van der Waals surface area contributed by atoms with Gasteiger partial charge in [-0.25, -0.2) is 0 Å². The van der Waals surface area contributed by atoms with Crippen molar-refractivity contribution in [3.63, 3.8) is 0 Å². The average Bonchev–Trinajstić information content (AvgIpc) is 1.92. The van der Waals surface area contributed by atoms with Gasteiger partial charge in [-0.05, 0) is 32.4 Å². The minimum atomic E-state index is -0.0816. The molecule has 0 aromatic rings. The fourth-order valence-corrected chi connectivity index (χ4v) is 3.10. The third kappa shape index (κ3) is 1.79. The normalized spacial score (nSPS) is 22.6. The molecule has 2 heteroatoms. The van der Waals surface area contributed by atoms with Crippen LogP contribution in [0.25, 0.3) is 0 Å². The summed E-state index contributed by atoms with van der Waals surface area (Å²) in [6, 6.07) is 2.93. The van der Waals surface area contributed by atoms with E-state index < -0.39 is 0 Å². The van der Waals surface area contributed by atoms with E-state index in [1.807, 2.05) is 0 Å². The molecule has 0 radical (unpaired) electrons. The smallest absolute Gasteiger partial charge is 0.0733 e. The van der Waals surface area contributed by atoms with Gasteiger partial charge in [0.15, 0.2) is 0 Å². The Morgan fingerprint density at radius 2 is 1.79 bits per heavy atom. The molecule has 80 valence electrons. The van der Waals surface area contributed by atoms with Crippen molar-refractivity contribution in [3.8, 4) is 6.07 Å². The Kier molecular flexibility index (Phi) is 2.92. The second-order valence-corrected chi connectivity index (χ2v) is 5.85. The SMILES string of the molecule is CN(C)C(C(C)(C)C)C1(C#N)CCC1. The highest BCUT2D eigenvalue weighted by atomic mass is 15.1. The first-order valence-electron chi connectivity index (χ1n) is 5.41. The molecule has 1 aliphatic carbocycles. The molecule has 1 atom stereocenters. The summed E-state index contributed by atoms with van der Waals surface area (Å²) in [5.74, 6) is 0. The monoisotopic (exact) mass is 194 g/mol. The fraction of sp³-hybridized carbons (Fsp3) is 0.917. The maximum absolute atomic E-state index is 9.34. The molecule has 1 unspecified atom stereocenters. The van der Waals surface area contributed by atoms with Gasteiger partial charge in [0.25, 0.3) is 0 Å². The molecule has 0 heterocycles. The van der Waals surface area contributed by atoms with Gasteiger partial charge in [-0.3, -0.25) is 0 Å². The molecule has 0 saturated heterocycles. The number of hydrogen-bond acceptors (Lipinski definition) is 2. The van der Waals surface area contributed by atoms with Gasteiger partial charge in [0, 0.05) is 6.04 Å². The average molecular weight is 194 g/mol. The highest BCUT2D eigenvalue weighted by Gasteiger charge is 2.50. The Balaban J connectivity index is 2.94. The molecule has 0 bridgehead atoms. The lowest BCUT2D eigenvalue weighted by Crippen LogP contribution is -2.54. The number of hydrogen-bond donors (Lipinski definition) is 0. The van der Waals surface area contributed by atoms with Crippen LogP contribution in [-0.4, -0.2) is 25.0 Å². The Labute approximate surface area is 87.9 Å². The molecular formula is C12H22N2. The molecule has 2 nitrogen and oxygen atoms in total. The fourth-order valence-electron chi connectivity index (χ4n) is 3.10. The minimum absolute atomic E-state index is 0.0816. The summed E-state index contributed by atoms with van der Waals surface area (Å²) in [6.45, 7) is 6.69. The topological polar surface area (TPSA) is 27.0 Å². The predicted octanol–water partition coefficient (Wildman–Crippen LogP) is 2.66. The van der Waals surface area contributed by atoms with Crippen molar-refractivity contribution < 1.29 is 0 Å². The van der Waals surface area contributed by atoms with E-state index in [1.54, 1.807) is 0 Å². The van der Waals surface area contributed by atoms with Gasteiger partial charge in [0.1, 0.15) is 0 Å². The first-order chi connectivity index (χ1) is 6.33. The van der Waals surface area contributed by atoms with Crippen LogP contribution in [0.5, 0.6) is 0 Å². The van der Waals surface area contributed by atoms with Crippen LogP contribution in [0.1, 0.15) is 40.0 Å². The molecule has 0 amide bonds. The van der Waals surface area contributed by atoms with Crippen molar-refractivity contribution in [2.24, 2.45) is 10.8 Å². The van der Waals surface area contributed by atoms with Crippen molar-refractivity contribution in [1.29, 1.82) is 5.26 Å². The van der Waals surface area contributed by atoms with Crippen LogP contribution in [0.4, 0.5) is 0 Å². The molecule has 0 aliphatic heterocycles. The predicted molar refractivity (Wildman–Crippen MR) is 58.8 cm³/mol. The third-order valence-corrected chi connectivity index (χ3v) is 3.33. The van der Waals surface area contributed by atoms with E-state index in [4.69, 9.17) is 0 Å². The van der Waals surface area contributed by atoms with Gasteiger partial charge in [-0.1, -0.05) is 27.2 Å². The third-order valence-electron chi connectivity index (χ3n) is 3.33. The first kappa shape index (κ1) is 11.5. The van der Waals surface area contributed by atoms with E-state index in [0.29, 0.717) is 6.04 Å².